The highest BCUT2D eigenvalue weighted by molar-refractivity contribution is 5.68. The number of nitrogens with zero attached hydrogens (tertiary/aromatic N) is 3. The molecule has 0 atom stereocenters. The lowest BCUT2D eigenvalue weighted by Crippen LogP contribution is -2.40. The second-order valence-electron chi connectivity index (χ2n) is 5.05. The van der Waals surface area contributed by atoms with E-state index < -0.39 is 0 Å². The van der Waals surface area contributed by atoms with Gasteiger partial charge in [0.25, 0.3) is 5.56 Å². The van der Waals surface area contributed by atoms with Gasteiger partial charge in [-0.2, -0.15) is 0 Å². The third-order valence-corrected chi connectivity index (χ3v) is 3.48. The fourth-order valence-electron chi connectivity index (χ4n) is 2.43. The van der Waals surface area contributed by atoms with Crippen LogP contribution in [0.5, 0.6) is 0 Å². The van der Waals surface area contributed by atoms with Crippen molar-refractivity contribution in [1.29, 1.82) is 0 Å². The third kappa shape index (κ3) is 2.69. The van der Waals surface area contributed by atoms with Crippen LogP contribution in [-0.4, -0.2) is 19.1 Å². The van der Waals surface area contributed by atoms with E-state index in [1.54, 1.807) is 4.57 Å². The first kappa shape index (κ1) is 14.6. The molecule has 0 radical (unpaired) electrons. The second-order valence-corrected chi connectivity index (χ2v) is 5.05. The van der Waals surface area contributed by atoms with Crippen LogP contribution in [0.4, 0.5) is 0 Å². The van der Waals surface area contributed by atoms with Crippen molar-refractivity contribution in [3.8, 4) is 0 Å². The Morgan fingerprint density at radius 2 is 1.85 bits per heavy atom. The summed E-state index contributed by atoms with van der Waals surface area (Å²) in [5.74, 6) is 0. The maximum absolute atomic E-state index is 12.4. The molecule has 0 amide bonds. The van der Waals surface area contributed by atoms with E-state index in [0.717, 1.165) is 32.1 Å². The topological polar surface area (TPSA) is 72.7 Å². The number of fused-ring (bicyclic) bond motifs is 1. The summed E-state index contributed by atoms with van der Waals surface area (Å²) in [4.78, 5) is 31.7. The summed E-state index contributed by atoms with van der Waals surface area (Å²) in [7, 11) is 0. The maximum atomic E-state index is 12.4. The summed E-state index contributed by atoms with van der Waals surface area (Å²) in [5, 5.41) is 0. The average molecular weight is 278 g/mol. The van der Waals surface area contributed by atoms with E-state index in [9.17, 15) is 9.59 Å². The van der Waals surface area contributed by atoms with Crippen molar-refractivity contribution in [1.82, 2.24) is 19.1 Å². The molecule has 0 aliphatic heterocycles. The predicted molar refractivity (Wildman–Crippen MR) is 79.0 cm³/mol. The second kappa shape index (κ2) is 6.54. The standard InChI is InChI=1S/C14H22N4O2/c1-3-5-6-7-9-18-13(19)11-12(16-10-15-11)17(8-4-2)14(18)20/h10H,3-9H2,1-2H3,(H,15,16). The van der Waals surface area contributed by atoms with Gasteiger partial charge in [-0.05, 0) is 12.8 Å². The predicted octanol–water partition coefficient (Wildman–Crippen LogP) is 1.88. The lowest BCUT2D eigenvalue weighted by Gasteiger charge is -2.10. The van der Waals surface area contributed by atoms with E-state index in [4.69, 9.17) is 0 Å². The summed E-state index contributed by atoms with van der Waals surface area (Å²) in [5.41, 5.74) is 0.388. The summed E-state index contributed by atoms with van der Waals surface area (Å²) in [6, 6.07) is 0. The summed E-state index contributed by atoms with van der Waals surface area (Å²) >= 11 is 0. The van der Waals surface area contributed by atoms with Gasteiger partial charge in [-0.25, -0.2) is 9.78 Å². The number of aromatic nitrogens is 4. The van der Waals surface area contributed by atoms with Crippen LogP contribution in [0, 0.1) is 0 Å². The van der Waals surface area contributed by atoms with Gasteiger partial charge < -0.3 is 4.98 Å². The van der Waals surface area contributed by atoms with Crippen LogP contribution in [0.15, 0.2) is 15.9 Å². The quantitative estimate of drug-likeness (QED) is 0.786. The van der Waals surface area contributed by atoms with Crippen molar-refractivity contribution < 1.29 is 0 Å². The van der Waals surface area contributed by atoms with Gasteiger partial charge in [0.2, 0.25) is 0 Å². The van der Waals surface area contributed by atoms with Gasteiger partial charge in [0.05, 0.1) is 6.33 Å². The fourth-order valence-corrected chi connectivity index (χ4v) is 2.43. The van der Waals surface area contributed by atoms with E-state index in [-0.39, 0.29) is 11.2 Å². The zero-order chi connectivity index (χ0) is 14.5. The Hall–Kier alpha value is -1.85. The lowest BCUT2D eigenvalue weighted by atomic mass is 10.2. The molecule has 2 aromatic heterocycles. The first-order valence-electron chi connectivity index (χ1n) is 7.37. The monoisotopic (exact) mass is 278 g/mol. The Balaban J connectivity index is 2.42. The van der Waals surface area contributed by atoms with Gasteiger partial charge in [0.1, 0.15) is 5.52 Å². The highest BCUT2D eigenvalue weighted by Crippen LogP contribution is 2.04. The molecular weight excluding hydrogens is 256 g/mol. The molecule has 1 N–H and O–H groups in total. The minimum absolute atomic E-state index is 0.243. The number of aryl methyl sites for hydroxylation is 1. The molecule has 0 saturated carbocycles. The molecular formula is C14H22N4O2. The minimum atomic E-state index is -0.258. The normalized spacial score (nSPS) is 11.3. The van der Waals surface area contributed by atoms with Crippen molar-refractivity contribution in [3.63, 3.8) is 0 Å². The summed E-state index contributed by atoms with van der Waals surface area (Å²) < 4.78 is 2.93. The number of H-pyrrole nitrogens is 1. The Kier molecular flexibility index (Phi) is 4.76. The van der Waals surface area contributed by atoms with Gasteiger partial charge in [-0.3, -0.25) is 13.9 Å². The zero-order valence-corrected chi connectivity index (χ0v) is 12.2. The highest BCUT2D eigenvalue weighted by Gasteiger charge is 2.14. The average Bonchev–Trinajstić information content (AvgIpc) is 2.92. The summed E-state index contributed by atoms with van der Waals surface area (Å²) in [6.45, 7) is 5.20. The highest BCUT2D eigenvalue weighted by atomic mass is 16.2. The molecule has 6 nitrogen and oxygen atoms in total. The van der Waals surface area contributed by atoms with Crippen LogP contribution in [0.1, 0.15) is 46.0 Å². The smallest absolute Gasteiger partial charge is 0.332 e. The lowest BCUT2D eigenvalue weighted by molar-refractivity contribution is 0.521. The molecule has 0 spiro atoms. The van der Waals surface area contributed by atoms with E-state index in [2.05, 4.69) is 16.9 Å². The molecule has 0 unspecified atom stereocenters. The van der Waals surface area contributed by atoms with Crippen molar-refractivity contribution in [2.45, 2.75) is 59.0 Å². The Bertz CT molecular complexity index is 681. The molecule has 0 bridgehead atoms. The molecule has 110 valence electrons. The van der Waals surface area contributed by atoms with Crippen molar-refractivity contribution in [2.24, 2.45) is 0 Å². The number of hydrogen-bond donors (Lipinski definition) is 1. The van der Waals surface area contributed by atoms with E-state index in [1.165, 1.54) is 10.9 Å². The molecule has 2 rings (SSSR count). The first-order chi connectivity index (χ1) is 9.70. The molecule has 0 saturated heterocycles. The number of unbranched alkanes of at least 4 members (excludes halogenated alkanes) is 3. The van der Waals surface area contributed by atoms with Crippen LogP contribution in [0.25, 0.3) is 11.2 Å². The van der Waals surface area contributed by atoms with Crippen LogP contribution in [0.3, 0.4) is 0 Å². The van der Waals surface area contributed by atoms with Gasteiger partial charge in [0, 0.05) is 13.1 Å². The van der Waals surface area contributed by atoms with Gasteiger partial charge >= 0.3 is 5.69 Å². The SMILES string of the molecule is CCCCCCn1c(=O)c2[nH]cnc2n(CCC)c1=O. The zero-order valence-electron chi connectivity index (χ0n) is 12.2. The largest absolute Gasteiger partial charge is 0.339 e. The Labute approximate surface area is 117 Å². The molecule has 0 fully saturated rings. The number of rotatable bonds is 7. The molecule has 0 aliphatic carbocycles. The number of aromatic amines is 1. The Morgan fingerprint density at radius 1 is 1.05 bits per heavy atom. The van der Waals surface area contributed by atoms with Gasteiger partial charge in [0.15, 0.2) is 5.65 Å². The van der Waals surface area contributed by atoms with Gasteiger partial charge in [-0.15, -0.1) is 0 Å². The van der Waals surface area contributed by atoms with E-state index >= 15 is 0 Å². The minimum Gasteiger partial charge on any atom is -0.339 e. The van der Waals surface area contributed by atoms with Crippen molar-refractivity contribution >= 4 is 11.2 Å². The van der Waals surface area contributed by atoms with Crippen LogP contribution < -0.4 is 11.2 Å². The number of imidazole rings is 1. The van der Waals surface area contributed by atoms with Crippen molar-refractivity contribution in [3.05, 3.63) is 27.2 Å². The molecule has 6 heteroatoms. The molecule has 0 aliphatic rings. The van der Waals surface area contributed by atoms with Gasteiger partial charge in [-0.1, -0.05) is 33.1 Å². The molecule has 20 heavy (non-hydrogen) atoms. The molecule has 0 aromatic carbocycles. The molecule has 2 heterocycles. The van der Waals surface area contributed by atoms with E-state index in [1.807, 2.05) is 6.92 Å². The van der Waals surface area contributed by atoms with Crippen LogP contribution in [-0.2, 0) is 13.1 Å². The summed E-state index contributed by atoms with van der Waals surface area (Å²) in [6.07, 6.45) is 6.46. The fraction of sp³-hybridized carbons (Fsp3) is 0.643. The molecule has 2 aromatic rings. The Morgan fingerprint density at radius 3 is 2.55 bits per heavy atom. The van der Waals surface area contributed by atoms with Crippen LogP contribution in [0.2, 0.25) is 0 Å². The van der Waals surface area contributed by atoms with Crippen LogP contribution >= 0.6 is 0 Å². The van der Waals surface area contributed by atoms with Crippen molar-refractivity contribution in [2.75, 3.05) is 0 Å². The first-order valence-corrected chi connectivity index (χ1v) is 7.37. The maximum Gasteiger partial charge on any atom is 0.332 e. The number of hydrogen-bond acceptors (Lipinski definition) is 3. The number of nitrogens with one attached hydrogen (secondary N) is 1. The van der Waals surface area contributed by atoms with E-state index in [0.29, 0.717) is 24.3 Å². The third-order valence-electron chi connectivity index (χ3n) is 3.48.